The van der Waals surface area contributed by atoms with E-state index in [1.165, 1.54) is 50.6 Å². The van der Waals surface area contributed by atoms with E-state index < -0.39 is 40.9 Å². The molecule has 0 radical (unpaired) electrons. The van der Waals surface area contributed by atoms with Crippen molar-refractivity contribution in [1.82, 2.24) is 9.55 Å². The number of aromatic nitrogens is 2. The third-order valence-electron chi connectivity index (χ3n) is 3.92. The molecule has 1 aliphatic heterocycles. The molecule has 1 saturated heterocycles. The molecule has 1 unspecified atom stereocenters. The smallest absolute Gasteiger partial charge is 0.351 e. The molecule has 4 atom stereocenters. The van der Waals surface area contributed by atoms with Crippen molar-refractivity contribution in [3.05, 3.63) is 57.1 Å². The summed E-state index contributed by atoms with van der Waals surface area (Å²) in [4.78, 5) is 26.7. The lowest BCUT2D eigenvalue weighted by molar-refractivity contribution is -0.384. The third kappa shape index (κ3) is 4.25. The highest BCUT2D eigenvalue weighted by Gasteiger charge is 2.45. The van der Waals surface area contributed by atoms with Crippen LogP contribution in [0.3, 0.4) is 0 Å². The van der Waals surface area contributed by atoms with Gasteiger partial charge in [0.15, 0.2) is 6.23 Å². The van der Waals surface area contributed by atoms with E-state index in [2.05, 4.69) is 4.98 Å². The monoisotopic (exact) mass is 412 g/mol. The number of aliphatic hydroxyl groups is 2. The van der Waals surface area contributed by atoms with Crippen molar-refractivity contribution in [2.45, 2.75) is 28.6 Å². The van der Waals surface area contributed by atoms with Crippen LogP contribution >= 0.6 is 21.6 Å². The fraction of sp³-hybridized carbons (Fsp3) is 0.333. The topological polar surface area (TPSA) is 154 Å². The van der Waals surface area contributed by atoms with Crippen LogP contribution in [0.5, 0.6) is 0 Å². The lowest BCUT2D eigenvalue weighted by Gasteiger charge is -2.20. The molecule has 4 N–H and O–H groups in total. The number of ether oxygens (including phenoxy) is 1. The molecule has 0 saturated carbocycles. The van der Waals surface area contributed by atoms with Gasteiger partial charge in [0.2, 0.25) is 0 Å². The number of non-ortho nitro benzene ring substituents is 1. The molecule has 144 valence electrons. The van der Waals surface area contributed by atoms with E-state index >= 15 is 0 Å². The number of nitro benzene ring substituents is 1. The van der Waals surface area contributed by atoms with Crippen LogP contribution in [0.25, 0.3) is 0 Å². The van der Waals surface area contributed by atoms with Gasteiger partial charge in [-0.25, -0.2) is 4.79 Å². The Bertz CT molecular complexity index is 877. The van der Waals surface area contributed by atoms with E-state index in [-0.39, 0.29) is 11.5 Å². The Kier molecular flexibility index (Phi) is 6.01. The lowest BCUT2D eigenvalue weighted by Crippen LogP contribution is -2.34. The number of nitrogen functional groups attached to an aromatic ring is 1. The van der Waals surface area contributed by atoms with Gasteiger partial charge in [-0.3, -0.25) is 14.7 Å². The number of hydrogen-bond acceptors (Lipinski definition) is 10. The molecule has 10 nitrogen and oxygen atoms in total. The summed E-state index contributed by atoms with van der Waals surface area (Å²) in [6.07, 6.45) is -1.31. The van der Waals surface area contributed by atoms with Gasteiger partial charge in [0.25, 0.3) is 5.69 Å². The van der Waals surface area contributed by atoms with Gasteiger partial charge in [-0.2, -0.15) is 4.98 Å². The molecule has 2 aromatic rings. The highest BCUT2D eigenvalue weighted by Crippen LogP contribution is 2.45. The van der Waals surface area contributed by atoms with Crippen molar-refractivity contribution in [2.24, 2.45) is 0 Å². The van der Waals surface area contributed by atoms with Crippen molar-refractivity contribution >= 4 is 33.1 Å². The van der Waals surface area contributed by atoms with Crippen molar-refractivity contribution in [3.63, 3.8) is 0 Å². The second-order valence-electron chi connectivity index (χ2n) is 5.68. The zero-order valence-corrected chi connectivity index (χ0v) is 15.4. The highest BCUT2D eigenvalue weighted by atomic mass is 33.1. The van der Waals surface area contributed by atoms with Crippen LogP contribution in [0, 0.1) is 10.1 Å². The Hall–Kier alpha value is -2.12. The largest absolute Gasteiger partial charge is 0.394 e. The Balaban J connectivity index is 1.79. The van der Waals surface area contributed by atoms with Gasteiger partial charge in [0.05, 0.1) is 22.9 Å². The number of nitrogens with zero attached hydrogens (tertiary/aromatic N) is 3. The van der Waals surface area contributed by atoms with Crippen LogP contribution < -0.4 is 11.4 Å². The fourth-order valence-corrected chi connectivity index (χ4v) is 5.23. The molecule has 1 aromatic carbocycles. The molecule has 1 aromatic heterocycles. The molecular formula is C15H16N4O6S2. The maximum atomic E-state index is 12.1. The first kappa shape index (κ1) is 19.6. The molecule has 1 aliphatic rings. The lowest BCUT2D eigenvalue weighted by atomic mass is 10.2. The van der Waals surface area contributed by atoms with Gasteiger partial charge in [0, 0.05) is 23.2 Å². The zero-order chi connectivity index (χ0) is 19.6. The number of hydrogen-bond donors (Lipinski definition) is 3. The molecule has 1 fully saturated rings. The number of nitro groups is 1. The van der Waals surface area contributed by atoms with Crippen molar-refractivity contribution < 1.29 is 19.9 Å². The summed E-state index contributed by atoms with van der Waals surface area (Å²) in [7, 11) is 2.51. The Morgan fingerprint density at radius 3 is 2.63 bits per heavy atom. The van der Waals surface area contributed by atoms with Crippen molar-refractivity contribution in [2.75, 3.05) is 12.3 Å². The molecule has 0 bridgehead atoms. The van der Waals surface area contributed by atoms with Crippen LogP contribution in [-0.2, 0) is 4.74 Å². The van der Waals surface area contributed by atoms with E-state index in [4.69, 9.17) is 10.5 Å². The van der Waals surface area contributed by atoms with E-state index in [0.29, 0.717) is 0 Å². The quantitative estimate of drug-likeness (QED) is 0.352. The summed E-state index contributed by atoms with van der Waals surface area (Å²) in [6, 6.07) is 7.38. The van der Waals surface area contributed by atoms with Gasteiger partial charge < -0.3 is 20.7 Å². The van der Waals surface area contributed by atoms with Gasteiger partial charge in [-0.1, -0.05) is 21.6 Å². The first-order chi connectivity index (χ1) is 12.9. The number of rotatable bonds is 6. The van der Waals surface area contributed by atoms with E-state index in [1.54, 1.807) is 12.1 Å². The number of benzene rings is 1. The minimum Gasteiger partial charge on any atom is -0.394 e. The molecule has 0 amide bonds. The first-order valence-electron chi connectivity index (χ1n) is 7.77. The number of nitrogens with two attached hydrogens (primary N) is 1. The summed E-state index contributed by atoms with van der Waals surface area (Å²) < 4.78 is 6.85. The Morgan fingerprint density at radius 1 is 1.33 bits per heavy atom. The van der Waals surface area contributed by atoms with Crippen molar-refractivity contribution in [1.29, 1.82) is 0 Å². The molecular weight excluding hydrogens is 396 g/mol. The molecule has 3 rings (SSSR count). The predicted molar refractivity (Wildman–Crippen MR) is 100 cm³/mol. The maximum Gasteiger partial charge on any atom is 0.351 e. The van der Waals surface area contributed by atoms with Gasteiger partial charge in [-0.05, 0) is 18.2 Å². The average Bonchev–Trinajstić information content (AvgIpc) is 2.96. The second-order valence-corrected chi connectivity index (χ2v) is 8.13. The maximum absolute atomic E-state index is 12.1. The minimum absolute atomic E-state index is 0.0219. The molecule has 0 spiro atoms. The average molecular weight is 412 g/mol. The van der Waals surface area contributed by atoms with E-state index in [0.717, 1.165) is 4.90 Å². The normalized spacial score (nSPS) is 24.8. The molecule has 27 heavy (non-hydrogen) atoms. The Morgan fingerprint density at radius 2 is 2.04 bits per heavy atom. The van der Waals surface area contributed by atoms with E-state index in [9.17, 15) is 25.1 Å². The predicted octanol–water partition coefficient (Wildman–Crippen LogP) is 0.793. The summed E-state index contributed by atoms with van der Waals surface area (Å²) >= 11 is 0. The zero-order valence-electron chi connectivity index (χ0n) is 13.7. The summed E-state index contributed by atoms with van der Waals surface area (Å²) in [6.45, 7) is -0.409. The van der Waals surface area contributed by atoms with Gasteiger partial charge in [-0.15, -0.1) is 0 Å². The fourth-order valence-electron chi connectivity index (χ4n) is 2.55. The van der Waals surface area contributed by atoms with Crippen LogP contribution in [-0.4, -0.2) is 48.8 Å². The highest BCUT2D eigenvalue weighted by molar-refractivity contribution is 8.77. The Labute approximate surface area is 160 Å². The van der Waals surface area contributed by atoms with E-state index in [1.807, 2.05) is 0 Å². The summed E-state index contributed by atoms with van der Waals surface area (Å²) in [5, 5.41) is 30.0. The second kappa shape index (κ2) is 8.27. The van der Waals surface area contributed by atoms with Crippen LogP contribution in [0.15, 0.2) is 46.2 Å². The van der Waals surface area contributed by atoms with Gasteiger partial charge in [0.1, 0.15) is 11.9 Å². The number of anilines is 1. The number of aliphatic hydroxyl groups excluding tert-OH is 2. The summed E-state index contributed by atoms with van der Waals surface area (Å²) in [5.41, 5.74) is 4.85. The van der Waals surface area contributed by atoms with Crippen LogP contribution in [0.2, 0.25) is 0 Å². The standard InChI is InChI=1S/C15H16N4O6S2/c16-11-5-6-18(15(22)17-11)14-13(12(21)10(7-20)25-14)27-26-9-3-1-8(2-4-9)19(23)24/h1-6,10,12-14,20-21H,7H2,(H2,16,17,22)/t10-,12-,13?,14-/m1/s1. The third-order valence-corrected chi connectivity index (χ3v) is 6.75. The molecule has 12 heteroatoms. The van der Waals surface area contributed by atoms with Crippen LogP contribution in [0.1, 0.15) is 6.23 Å². The van der Waals surface area contributed by atoms with Crippen molar-refractivity contribution in [3.8, 4) is 0 Å². The summed E-state index contributed by atoms with van der Waals surface area (Å²) in [5.74, 6) is 0.0676. The SMILES string of the molecule is Nc1ccn([C@@H]2O[C@H](CO)[C@@H](O)C2SSc2ccc([N+](=O)[O-])cc2)c(=O)n1. The minimum atomic E-state index is -1.03. The molecule has 2 heterocycles. The van der Waals surface area contributed by atoms with Gasteiger partial charge >= 0.3 is 5.69 Å². The molecule has 0 aliphatic carbocycles. The first-order valence-corrected chi connectivity index (χ1v) is 9.99. The van der Waals surface area contributed by atoms with Crippen LogP contribution in [0.4, 0.5) is 11.5 Å².